The van der Waals surface area contributed by atoms with E-state index < -0.39 is 33.5 Å². The van der Waals surface area contributed by atoms with Gasteiger partial charge in [-0.2, -0.15) is 0 Å². The van der Waals surface area contributed by atoms with Crippen molar-refractivity contribution in [3.63, 3.8) is 0 Å². The van der Waals surface area contributed by atoms with Crippen LogP contribution >= 0.6 is 0 Å². The molecule has 0 fully saturated rings. The first kappa shape index (κ1) is 36.9. The minimum absolute atomic E-state index is 0.0804. The van der Waals surface area contributed by atoms with Gasteiger partial charge in [-0.3, -0.25) is 9.59 Å². The fourth-order valence-electron chi connectivity index (χ4n) is 3.68. The van der Waals surface area contributed by atoms with Crippen molar-refractivity contribution in [2.24, 2.45) is 0 Å². The van der Waals surface area contributed by atoms with Crippen LogP contribution in [0, 0.1) is 0 Å². The fraction of sp³-hybridized carbons (Fsp3) is 0.926. The Morgan fingerprint density at radius 3 is 1.37 bits per heavy atom. The van der Waals surface area contributed by atoms with Crippen molar-refractivity contribution >= 4 is 21.9 Å². The van der Waals surface area contributed by atoms with E-state index in [2.05, 4.69) is 6.92 Å². The van der Waals surface area contributed by atoms with Crippen molar-refractivity contribution in [1.29, 1.82) is 0 Å². The molecule has 0 saturated carbocycles. The van der Waals surface area contributed by atoms with Crippen LogP contribution in [0.3, 0.4) is 0 Å². The van der Waals surface area contributed by atoms with Crippen LogP contribution in [0.4, 0.5) is 0 Å². The summed E-state index contributed by atoms with van der Waals surface area (Å²) in [5, 5.41) is -1.92. The van der Waals surface area contributed by atoms with E-state index in [0.29, 0.717) is 33.0 Å². The minimum Gasteiger partial charge on any atom is -0.747 e. The molecule has 0 aromatic rings. The Labute approximate surface area is 230 Å². The van der Waals surface area contributed by atoms with Gasteiger partial charge in [0.1, 0.15) is 27.8 Å². The maximum Gasteiger partial charge on any atom is 0.307 e. The number of ether oxygens (including phenoxy) is 5. The Balaban J connectivity index is 3.28. The van der Waals surface area contributed by atoms with Gasteiger partial charge in [0, 0.05) is 6.61 Å². The number of hydrogen-bond acceptors (Lipinski definition) is 10. The van der Waals surface area contributed by atoms with Crippen molar-refractivity contribution in [3.05, 3.63) is 0 Å². The third-order valence-corrected chi connectivity index (χ3v) is 7.10. The summed E-state index contributed by atoms with van der Waals surface area (Å²) in [7, 11) is -4.89. The molecule has 0 rings (SSSR count). The number of Topliss-reactive ketones (excluding diaryl/α,β-unsaturated/α-hetero) is 1. The van der Waals surface area contributed by atoms with Gasteiger partial charge >= 0.3 is 5.97 Å². The van der Waals surface area contributed by atoms with E-state index in [1.165, 1.54) is 70.6 Å². The number of hydrogen-bond donors (Lipinski definition) is 0. The third kappa shape index (κ3) is 25.2. The number of unbranched alkanes of at least 4 members (excludes halogenated alkanes) is 11. The highest BCUT2D eigenvalue weighted by atomic mass is 32.2. The van der Waals surface area contributed by atoms with Gasteiger partial charge in [0.05, 0.1) is 52.7 Å². The topological polar surface area (TPSA) is 137 Å². The first-order chi connectivity index (χ1) is 18.3. The minimum atomic E-state index is -4.89. The molecule has 0 aliphatic heterocycles. The predicted octanol–water partition coefficient (Wildman–Crippen LogP) is 4.19. The molecule has 226 valence electrons. The van der Waals surface area contributed by atoms with Crippen LogP contribution in [0.2, 0.25) is 0 Å². The lowest BCUT2D eigenvalue weighted by Gasteiger charge is -2.16. The Morgan fingerprint density at radius 2 is 0.974 bits per heavy atom. The highest BCUT2D eigenvalue weighted by molar-refractivity contribution is 7.87. The molecule has 10 nitrogen and oxygen atoms in total. The Hall–Kier alpha value is -1.11. The van der Waals surface area contributed by atoms with E-state index in [1.54, 1.807) is 0 Å². The Bertz CT molecular complexity index is 669. The number of carbonyl (C=O) groups excluding carboxylic acids is 2. The number of carbonyl (C=O) groups is 2. The Kier molecular flexibility index (Phi) is 25.4. The number of ketones is 1. The first-order valence-corrected chi connectivity index (χ1v) is 15.7. The molecule has 0 heterocycles. The zero-order valence-corrected chi connectivity index (χ0v) is 24.4. The lowest BCUT2D eigenvalue weighted by molar-refractivity contribution is -0.146. The highest BCUT2D eigenvalue weighted by Gasteiger charge is 2.25. The molecule has 0 aliphatic carbocycles. The second-order valence-corrected chi connectivity index (χ2v) is 10.9. The van der Waals surface area contributed by atoms with E-state index in [0.717, 1.165) is 20.0 Å². The van der Waals surface area contributed by atoms with Gasteiger partial charge in [-0.15, -0.1) is 0 Å². The lowest BCUT2D eigenvalue weighted by Crippen LogP contribution is -2.31. The van der Waals surface area contributed by atoms with Crippen LogP contribution in [0.5, 0.6) is 0 Å². The molecule has 0 saturated heterocycles. The average molecular weight is 568 g/mol. The van der Waals surface area contributed by atoms with Crippen LogP contribution in [0.1, 0.15) is 97.3 Å². The van der Waals surface area contributed by atoms with Crippen molar-refractivity contribution in [2.75, 3.05) is 59.5 Å². The second kappa shape index (κ2) is 26.1. The van der Waals surface area contributed by atoms with E-state index >= 15 is 0 Å². The van der Waals surface area contributed by atoms with E-state index in [9.17, 15) is 22.6 Å². The van der Waals surface area contributed by atoms with E-state index in [-0.39, 0.29) is 19.8 Å². The molecule has 0 spiro atoms. The molecule has 0 amide bonds. The summed E-state index contributed by atoms with van der Waals surface area (Å²) in [6, 6.07) is 0. The zero-order chi connectivity index (χ0) is 28.3. The molecule has 1 atom stereocenters. The second-order valence-electron chi connectivity index (χ2n) is 9.36. The predicted molar refractivity (Wildman–Crippen MR) is 144 cm³/mol. The lowest BCUT2D eigenvalue weighted by atomic mass is 10.1. The van der Waals surface area contributed by atoms with Gasteiger partial charge in [-0.05, 0) is 13.3 Å². The van der Waals surface area contributed by atoms with Crippen molar-refractivity contribution < 1.29 is 46.2 Å². The summed E-state index contributed by atoms with van der Waals surface area (Å²) in [6.07, 6.45) is 15.2. The van der Waals surface area contributed by atoms with E-state index in [1.807, 2.05) is 0 Å². The average Bonchev–Trinajstić information content (AvgIpc) is 2.86. The summed E-state index contributed by atoms with van der Waals surface area (Å²) >= 11 is 0. The summed E-state index contributed by atoms with van der Waals surface area (Å²) in [5.74, 6) is -1.84. The largest absolute Gasteiger partial charge is 0.747 e. The van der Waals surface area contributed by atoms with Crippen LogP contribution in [0.25, 0.3) is 0 Å². The molecule has 0 N–H and O–H groups in total. The first-order valence-electron chi connectivity index (χ1n) is 14.2. The van der Waals surface area contributed by atoms with Crippen LogP contribution in [0.15, 0.2) is 0 Å². The smallest absolute Gasteiger partial charge is 0.307 e. The molecular weight excluding hydrogens is 516 g/mol. The standard InChI is InChI=1S/C27H52O10S/c1-3-4-5-6-7-8-9-10-11-12-13-14-15-33-16-17-34-18-19-35-20-21-36-22-23-37-27(29)24-26(25(2)28)38(30,31)32/h26H,3-24H2,1-2H3,(H,30,31,32)/p-1. The molecule has 0 aromatic carbocycles. The zero-order valence-electron chi connectivity index (χ0n) is 23.6. The van der Waals surface area contributed by atoms with Gasteiger partial charge in [-0.25, -0.2) is 8.42 Å². The van der Waals surface area contributed by atoms with Gasteiger partial charge < -0.3 is 28.2 Å². The highest BCUT2D eigenvalue weighted by Crippen LogP contribution is 2.12. The Morgan fingerprint density at radius 1 is 0.605 bits per heavy atom. The van der Waals surface area contributed by atoms with Crippen LogP contribution in [-0.2, 0) is 43.4 Å². The van der Waals surface area contributed by atoms with Gasteiger partial charge in [0.15, 0.2) is 0 Å². The van der Waals surface area contributed by atoms with Gasteiger partial charge in [0.2, 0.25) is 0 Å². The SMILES string of the molecule is CCCCCCCCCCCCCCOCCOCCOCCOCCOC(=O)CC(C(C)=O)S(=O)(=O)[O-]. The maximum absolute atomic E-state index is 11.6. The molecule has 0 bridgehead atoms. The summed E-state index contributed by atoms with van der Waals surface area (Å²) in [4.78, 5) is 22.7. The normalized spacial score (nSPS) is 12.5. The van der Waals surface area contributed by atoms with Crippen molar-refractivity contribution in [1.82, 2.24) is 0 Å². The van der Waals surface area contributed by atoms with Gasteiger partial charge in [0.25, 0.3) is 0 Å². The van der Waals surface area contributed by atoms with Gasteiger partial charge in [-0.1, -0.05) is 77.6 Å². The number of rotatable bonds is 29. The molecule has 38 heavy (non-hydrogen) atoms. The van der Waals surface area contributed by atoms with Crippen LogP contribution in [-0.4, -0.2) is 89.4 Å². The molecule has 1 unspecified atom stereocenters. The molecule has 0 aliphatic rings. The molecule has 0 aromatic heterocycles. The van der Waals surface area contributed by atoms with E-state index in [4.69, 9.17) is 23.7 Å². The molecular formula is C27H51O10S-. The van der Waals surface area contributed by atoms with Crippen molar-refractivity contribution in [2.45, 2.75) is 103 Å². The summed E-state index contributed by atoms with van der Waals surface area (Å²) in [5.41, 5.74) is 0. The fourth-order valence-corrected chi connectivity index (χ4v) is 4.43. The quantitative estimate of drug-likeness (QED) is 0.0734. The summed E-state index contributed by atoms with van der Waals surface area (Å²) < 4.78 is 59.3. The molecule has 0 radical (unpaired) electrons. The van der Waals surface area contributed by atoms with Crippen molar-refractivity contribution in [3.8, 4) is 0 Å². The third-order valence-electron chi connectivity index (χ3n) is 5.90. The summed E-state index contributed by atoms with van der Waals surface area (Å²) in [6.45, 7) is 6.55. The number of esters is 1. The maximum atomic E-state index is 11.6. The molecule has 11 heteroatoms. The monoisotopic (exact) mass is 567 g/mol. The van der Waals surface area contributed by atoms with Crippen LogP contribution < -0.4 is 0 Å².